The number of carbonyl (C=O) groups excluding carboxylic acids is 1. The Morgan fingerprint density at radius 3 is 2.72 bits per heavy atom. The zero-order valence-electron chi connectivity index (χ0n) is 15.1. The molecule has 29 heavy (non-hydrogen) atoms. The molecule has 0 spiro atoms. The summed E-state index contributed by atoms with van der Waals surface area (Å²) in [6.07, 6.45) is -0.136. The Morgan fingerprint density at radius 1 is 1.17 bits per heavy atom. The van der Waals surface area contributed by atoms with E-state index in [1.54, 1.807) is 23.4 Å². The summed E-state index contributed by atoms with van der Waals surface area (Å²) in [7, 11) is 0. The van der Waals surface area contributed by atoms with E-state index in [4.69, 9.17) is 0 Å². The summed E-state index contributed by atoms with van der Waals surface area (Å²) in [5, 5.41) is 2.45. The van der Waals surface area contributed by atoms with Crippen LogP contribution in [0.25, 0.3) is 11.3 Å². The number of aromatic nitrogens is 2. The number of thiazole rings is 1. The van der Waals surface area contributed by atoms with E-state index >= 15 is 0 Å². The van der Waals surface area contributed by atoms with Crippen molar-refractivity contribution in [2.24, 2.45) is 0 Å². The number of pyridine rings is 1. The first-order valence-corrected chi connectivity index (χ1v) is 9.82. The zero-order chi connectivity index (χ0) is 20.4. The quantitative estimate of drug-likeness (QED) is 0.596. The van der Waals surface area contributed by atoms with E-state index in [1.165, 1.54) is 29.5 Å². The highest BCUT2D eigenvalue weighted by Gasteiger charge is 2.34. The maximum atomic E-state index is 13.1. The molecular formula is C20H16F3N3O2S. The summed E-state index contributed by atoms with van der Waals surface area (Å²) in [6, 6.07) is 9.30. The summed E-state index contributed by atoms with van der Waals surface area (Å²) in [6.45, 7) is 0.525. The van der Waals surface area contributed by atoms with Gasteiger partial charge in [-0.05, 0) is 42.7 Å². The predicted octanol–water partition coefficient (Wildman–Crippen LogP) is 5.01. The van der Waals surface area contributed by atoms with Gasteiger partial charge in [0.2, 0.25) is 5.91 Å². The number of halogens is 3. The molecule has 1 atom stereocenters. The number of benzene rings is 1. The summed E-state index contributed by atoms with van der Waals surface area (Å²) in [5.41, 5.74) is 2.16. The molecule has 3 heterocycles. The Morgan fingerprint density at radius 2 is 1.97 bits per heavy atom. The smallest absolute Gasteiger partial charge is 0.406 e. The highest BCUT2D eigenvalue weighted by molar-refractivity contribution is 7.14. The Labute approximate surface area is 168 Å². The van der Waals surface area contributed by atoms with Crippen LogP contribution in [0.2, 0.25) is 0 Å². The second-order valence-corrected chi connectivity index (χ2v) is 7.39. The minimum absolute atomic E-state index is 0.170. The molecule has 0 aliphatic carbocycles. The molecule has 1 unspecified atom stereocenters. The van der Waals surface area contributed by atoms with Gasteiger partial charge in [-0.1, -0.05) is 12.1 Å². The van der Waals surface area contributed by atoms with Crippen LogP contribution in [0.15, 0.2) is 54.2 Å². The van der Waals surface area contributed by atoms with Gasteiger partial charge in [0.1, 0.15) is 5.75 Å². The molecular weight excluding hydrogens is 403 g/mol. The number of anilines is 1. The molecule has 5 nitrogen and oxygen atoms in total. The molecule has 1 fully saturated rings. The maximum absolute atomic E-state index is 13.1. The lowest BCUT2D eigenvalue weighted by Crippen LogP contribution is -2.40. The number of hydrogen-bond acceptors (Lipinski definition) is 5. The molecule has 0 bridgehead atoms. The standard InChI is InChI=1S/C20H16F3N3O2S/c21-20(22,23)28-15-4-1-3-14(11-15)16-5-2-10-26(18(16)27)19-25-17(12-29-19)13-6-8-24-9-7-13/h1,3-4,6-9,11-12,16H,2,5,10H2. The van der Waals surface area contributed by atoms with Crippen molar-refractivity contribution in [3.05, 3.63) is 59.7 Å². The summed E-state index contributed by atoms with van der Waals surface area (Å²) < 4.78 is 41.5. The van der Waals surface area contributed by atoms with Gasteiger partial charge >= 0.3 is 6.36 Å². The van der Waals surface area contributed by atoms with E-state index in [2.05, 4.69) is 14.7 Å². The third kappa shape index (κ3) is 4.40. The van der Waals surface area contributed by atoms with Gasteiger partial charge in [-0.25, -0.2) is 4.98 Å². The second-order valence-electron chi connectivity index (χ2n) is 6.56. The Hall–Kier alpha value is -2.94. The SMILES string of the molecule is O=C1C(c2cccc(OC(F)(F)F)c2)CCCN1c1nc(-c2ccncc2)cs1. The van der Waals surface area contributed by atoms with E-state index in [0.29, 0.717) is 23.7 Å². The molecule has 2 aromatic heterocycles. The predicted molar refractivity (Wildman–Crippen MR) is 103 cm³/mol. The van der Waals surface area contributed by atoms with Crippen molar-refractivity contribution >= 4 is 22.4 Å². The highest BCUT2D eigenvalue weighted by atomic mass is 32.1. The van der Waals surface area contributed by atoms with Crippen LogP contribution >= 0.6 is 11.3 Å². The lowest BCUT2D eigenvalue weighted by atomic mass is 9.90. The van der Waals surface area contributed by atoms with Gasteiger partial charge in [0, 0.05) is 29.9 Å². The molecule has 0 N–H and O–H groups in total. The average molecular weight is 419 g/mol. The number of ether oxygens (including phenoxy) is 1. The minimum Gasteiger partial charge on any atom is -0.406 e. The van der Waals surface area contributed by atoms with Crippen molar-refractivity contribution in [1.82, 2.24) is 9.97 Å². The minimum atomic E-state index is -4.77. The van der Waals surface area contributed by atoms with Crippen LogP contribution in [0.4, 0.5) is 18.3 Å². The van der Waals surface area contributed by atoms with Crippen LogP contribution < -0.4 is 9.64 Å². The van der Waals surface area contributed by atoms with Crippen molar-refractivity contribution in [2.45, 2.75) is 25.1 Å². The first-order chi connectivity index (χ1) is 13.9. The van der Waals surface area contributed by atoms with Crippen LogP contribution in [-0.2, 0) is 4.79 Å². The summed E-state index contributed by atoms with van der Waals surface area (Å²) in [4.78, 5) is 23.3. The molecule has 1 amide bonds. The van der Waals surface area contributed by atoms with Crippen molar-refractivity contribution in [2.75, 3.05) is 11.4 Å². The molecule has 0 radical (unpaired) electrons. The van der Waals surface area contributed by atoms with E-state index in [1.807, 2.05) is 17.5 Å². The number of rotatable bonds is 4. The first-order valence-electron chi connectivity index (χ1n) is 8.94. The molecule has 0 saturated carbocycles. The van der Waals surface area contributed by atoms with Crippen LogP contribution in [0.5, 0.6) is 5.75 Å². The van der Waals surface area contributed by atoms with Gasteiger partial charge in [-0.2, -0.15) is 0 Å². The maximum Gasteiger partial charge on any atom is 0.573 e. The fourth-order valence-corrected chi connectivity index (χ4v) is 4.21. The monoisotopic (exact) mass is 419 g/mol. The van der Waals surface area contributed by atoms with E-state index in [9.17, 15) is 18.0 Å². The molecule has 4 rings (SSSR count). The average Bonchev–Trinajstić information content (AvgIpc) is 3.18. The number of hydrogen-bond donors (Lipinski definition) is 0. The number of piperidine rings is 1. The van der Waals surface area contributed by atoms with Crippen molar-refractivity contribution in [3.8, 4) is 17.0 Å². The number of alkyl halides is 3. The fraction of sp³-hybridized carbons (Fsp3) is 0.250. The largest absolute Gasteiger partial charge is 0.573 e. The van der Waals surface area contributed by atoms with Gasteiger partial charge < -0.3 is 4.74 Å². The van der Waals surface area contributed by atoms with E-state index < -0.39 is 12.3 Å². The molecule has 150 valence electrons. The van der Waals surface area contributed by atoms with Crippen LogP contribution in [0.1, 0.15) is 24.3 Å². The number of nitrogens with zero attached hydrogens (tertiary/aromatic N) is 3. The van der Waals surface area contributed by atoms with E-state index in [-0.39, 0.29) is 11.7 Å². The number of amides is 1. The van der Waals surface area contributed by atoms with Crippen LogP contribution in [0.3, 0.4) is 0 Å². The van der Waals surface area contributed by atoms with Crippen molar-refractivity contribution in [3.63, 3.8) is 0 Å². The summed E-state index contributed by atoms with van der Waals surface area (Å²) in [5.74, 6) is -1.03. The van der Waals surface area contributed by atoms with Gasteiger partial charge in [-0.3, -0.25) is 14.7 Å². The second kappa shape index (κ2) is 7.82. The molecule has 1 aliphatic heterocycles. The number of carbonyl (C=O) groups is 1. The topological polar surface area (TPSA) is 55.3 Å². The third-order valence-electron chi connectivity index (χ3n) is 4.63. The van der Waals surface area contributed by atoms with Gasteiger partial charge in [0.25, 0.3) is 0 Å². The Bertz CT molecular complexity index is 1010. The first kappa shape index (κ1) is 19.4. The fourth-order valence-electron chi connectivity index (χ4n) is 3.35. The molecule has 1 saturated heterocycles. The van der Waals surface area contributed by atoms with Crippen molar-refractivity contribution in [1.29, 1.82) is 0 Å². The molecule has 3 aromatic rings. The van der Waals surface area contributed by atoms with Crippen LogP contribution in [-0.4, -0.2) is 28.8 Å². The normalized spacial score (nSPS) is 17.4. The van der Waals surface area contributed by atoms with Gasteiger partial charge in [0.05, 0.1) is 11.6 Å². The van der Waals surface area contributed by atoms with E-state index in [0.717, 1.165) is 17.7 Å². The Kier molecular flexibility index (Phi) is 5.23. The van der Waals surface area contributed by atoms with Gasteiger partial charge in [0.15, 0.2) is 5.13 Å². The lowest BCUT2D eigenvalue weighted by Gasteiger charge is -2.30. The lowest BCUT2D eigenvalue weighted by molar-refractivity contribution is -0.274. The summed E-state index contributed by atoms with van der Waals surface area (Å²) >= 11 is 1.36. The third-order valence-corrected chi connectivity index (χ3v) is 5.50. The molecule has 1 aromatic carbocycles. The zero-order valence-corrected chi connectivity index (χ0v) is 15.9. The highest BCUT2D eigenvalue weighted by Crippen LogP contribution is 2.36. The van der Waals surface area contributed by atoms with Gasteiger partial charge in [-0.15, -0.1) is 24.5 Å². The molecule has 9 heteroatoms. The Balaban J connectivity index is 1.56. The van der Waals surface area contributed by atoms with Crippen LogP contribution in [0, 0.1) is 0 Å². The molecule has 1 aliphatic rings. The van der Waals surface area contributed by atoms with Crippen molar-refractivity contribution < 1.29 is 22.7 Å².